The van der Waals surface area contributed by atoms with Gasteiger partial charge in [0.1, 0.15) is 6.61 Å². The summed E-state index contributed by atoms with van der Waals surface area (Å²) in [6.07, 6.45) is 2.24. The van der Waals surface area contributed by atoms with E-state index in [4.69, 9.17) is 16.2 Å². The van der Waals surface area contributed by atoms with Crippen molar-refractivity contribution in [2.24, 2.45) is 5.73 Å². The summed E-state index contributed by atoms with van der Waals surface area (Å²) in [5.74, 6) is 0.217. The molecule has 1 heterocycles. The predicted molar refractivity (Wildman–Crippen MR) is 133 cm³/mol. The zero-order valence-electron chi connectivity index (χ0n) is 18.9. The number of nitrogen functional groups attached to an aromatic ring is 1. The number of nitrogens with two attached hydrogens (primary N) is 2. The van der Waals surface area contributed by atoms with Gasteiger partial charge in [0, 0.05) is 24.1 Å². The van der Waals surface area contributed by atoms with Crippen LogP contribution in [0.3, 0.4) is 0 Å². The maximum Gasteiger partial charge on any atom is 0.414 e. The Hall–Kier alpha value is -3.84. The fourth-order valence-corrected chi connectivity index (χ4v) is 4.42. The van der Waals surface area contributed by atoms with Crippen molar-refractivity contribution < 1.29 is 14.3 Å². The second-order valence-electron chi connectivity index (χ2n) is 8.94. The van der Waals surface area contributed by atoms with Crippen LogP contribution < -0.4 is 21.7 Å². The number of rotatable bonds is 5. The van der Waals surface area contributed by atoms with Gasteiger partial charge in [0.25, 0.3) is 5.91 Å². The summed E-state index contributed by atoms with van der Waals surface area (Å²) in [4.78, 5) is 27.2. The third-order valence-corrected chi connectivity index (χ3v) is 6.50. The smallest absolute Gasteiger partial charge is 0.414 e. The molecule has 34 heavy (non-hydrogen) atoms. The molecule has 0 aromatic heterocycles. The van der Waals surface area contributed by atoms with E-state index in [0.29, 0.717) is 29.4 Å². The predicted octanol–water partition coefficient (Wildman–Crippen LogP) is 4.43. The summed E-state index contributed by atoms with van der Waals surface area (Å²) in [7, 11) is 0. The third-order valence-electron chi connectivity index (χ3n) is 6.50. The average Bonchev–Trinajstić information content (AvgIpc) is 3.60. The summed E-state index contributed by atoms with van der Waals surface area (Å²) in [5, 5.41) is 2.85. The van der Waals surface area contributed by atoms with Crippen molar-refractivity contribution in [3.63, 3.8) is 0 Å². The first-order chi connectivity index (χ1) is 16.5. The van der Waals surface area contributed by atoms with E-state index in [0.717, 1.165) is 36.1 Å². The van der Waals surface area contributed by atoms with E-state index in [1.54, 1.807) is 23.1 Å². The SMILES string of the molecule is Nc1ccccc1NC(=O)c1ccc2c(c1)CCCN2C(=O)OCc1ccc(C2C[C@@H]2N)cc1. The highest BCUT2D eigenvalue weighted by Gasteiger charge is 2.34. The van der Waals surface area contributed by atoms with Gasteiger partial charge in [-0.25, -0.2) is 4.79 Å². The van der Waals surface area contributed by atoms with Crippen molar-refractivity contribution in [1.82, 2.24) is 0 Å². The fraction of sp³-hybridized carbons (Fsp3) is 0.259. The van der Waals surface area contributed by atoms with E-state index < -0.39 is 0 Å². The van der Waals surface area contributed by atoms with Crippen molar-refractivity contribution in [2.75, 3.05) is 22.5 Å². The van der Waals surface area contributed by atoms with Crippen molar-refractivity contribution in [1.29, 1.82) is 0 Å². The van der Waals surface area contributed by atoms with E-state index in [2.05, 4.69) is 17.4 Å². The third kappa shape index (κ3) is 4.61. The molecular formula is C27H28N4O3. The number of carbonyl (C=O) groups is 2. The Morgan fingerprint density at radius 2 is 1.82 bits per heavy atom. The summed E-state index contributed by atoms with van der Waals surface area (Å²) >= 11 is 0. The van der Waals surface area contributed by atoms with Crippen molar-refractivity contribution >= 4 is 29.1 Å². The normalized spacial score (nSPS) is 18.7. The van der Waals surface area contributed by atoms with Gasteiger partial charge < -0.3 is 21.5 Å². The van der Waals surface area contributed by atoms with Gasteiger partial charge in [-0.2, -0.15) is 0 Å². The molecule has 7 nitrogen and oxygen atoms in total. The summed E-state index contributed by atoms with van der Waals surface area (Å²) in [5.41, 5.74) is 17.4. The number of para-hydroxylation sites is 2. The van der Waals surface area contributed by atoms with E-state index in [9.17, 15) is 9.59 Å². The molecule has 3 aromatic rings. The molecule has 174 valence electrons. The van der Waals surface area contributed by atoms with Crippen LogP contribution >= 0.6 is 0 Å². The molecule has 1 saturated carbocycles. The minimum absolute atomic E-state index is 0.209. The number of carbonyl (C=O) groups excluding carboxylic acids is 2. The van der Waals surface area contributed by atoms with Crippen LogP contribution in [-0.2, 0) is 17.8 Å². The lowest BCUT2D eigenvalue weighted by Crippen LogP contribution is -2.36. The number of benzene rings is 3. The molecule has 2 aliphatic rings. The molecule has 0 saturated heterocycles. The minimum Gasteiger partial charge on any atom is -0.444 e. The van der Waals surface area contributed by atoms with Gasteiger partial charge in [0.15, 0.2) is 0 Å². The molecule has 0 radical (unpaired) electrons. The number of hydrogen-bond acceptors (Lipinski definition) is 5. The van der Waals surface area contributed by atoms with Gasteiger partial charge in [-0.05, 0) is 66.3 Å². The zero-order valence-corrected chi connectivity index (χ0v) is 18.9. The number of nitrogens with zero attached hydrogens (tertiary/aromatic N) is 1. The van der Waals surface area contributed by atoms with Crippen molar-refractivity contribution in [3.8, 4) is 0 Å². The first-order valence-electron chi connectivity index (χ1n) is 11.6. The van der Waals surface area contributed by atoms with Crippen LogP contribution in [0.25, 0.3) is 0 Å². The number of hydrogen-bond donors (Lipinski definition) is 3. The Labute approximate surface area is 198 Å². The molecule has 1 fully saturated rings. The lowest BCUT2D eigenvalue weighted by molar-refractivity contribution is 0.102. The monoisotopic (exact) mass is 456 g/mol. The average molecular weight is 457 g/mol. The van der Waals surface area contributed by atoms with E-state index in [1.165, 1.54) is 5.56 Å². The molecule has 0 spiro atoms. The number of fused-ring (bicyclic) bond motifs is 1. The molecule has 1 aliphatic carbocycles. The molecule has 1 aliphatic heterocycles. The van der Waals surface area contributed by atoms with Crippen LogP contribution in [0.15, 0.2) is 66.7 Å². The molecule has 5 N–H and O–H groups in total. The standard InChI is InChI=1S/C27H28N4O3/c28-22-5-1-2-6-24(22)30-26(32)20-11-12-25-19(14-20)4-3-13-31(25)27(33)34-16-17-7-9-18(10-8-17)21-15-23(21)29/h1-2,5-12,14,21,23H,3-4,13,15-16,28-29H2,(H,30,32)/t21?,23-/m0/s1. The zero-order chi connectivity index (χ0) is 23.7. The van der Waals surface area contributed by atoms with Crippen LogP contribution in [0.5, 0.6) is 0 Å². The van der Waals surface area contributed by atoms with Crippen LogP contribution in [-0.4, -0.2) is 24.6 Å². The number of anilines is 3. The summed E-state index contributed by atoms with van der Waals surface area (Å²) < 4.78 is 5.60. The summed E-state index contributed by atoms with van der Waals surface area (Å²) in [6.45, 7) is 0.789. The van der Waals surface area contributed by atoms with Gasteiger partial charge in [-0.1, -0.05) is 36.4 Å². The molecule has 1 unspecified atom stereocenters. The van der Waals surface area contributed by atoms with Gasteiger partial charge in [-0.3, -0.25) is 9.69 Å². The second kappa shape index (κ2) is 9.19. The Morgan fingerprint density at radius 1 is 1.06 bits per heavy atom. The molecule has 7 heteroatoms. The molecule has 2 atom stereocenters. The topological polar surface area (TPSA) is 111 Å². The van der Waals surface area contributed by atoms with Crippen LogP contribution in [0, 0.1) is 0 Å². The number of amides is 2. The number of aryl methyl sites for hydroxylation is 1. The highest BCUT2D eigenvalue weighted by Crippen LogP contribution is 2.38. The Bertz CT molecular complexity index is 1220. The van der Waals surface area contributed by atoms with Crippen molar-refractivity contribution in [3.05, 3.63) is 89.0 Å². The van der Waals surface area contributed by atoms with Crippen molar-refractivity contribution in [2.45, 2.75) is 37.8 Å². The minimum atomic E-state index is -0.386. The summed E-state index contributed by atoms with van der Waals surface area (Å²) in [6, 6.07) is 20.9. The first kappa shape index (κ1) is 22.0. The molecular weight excluding hydrogens is 428 g/mol. The Kier molecular flexibility index (Phi) is 5.94. The lowest BCUT2D eigenvalue weighted by atomic mass is 9.99. The Morgan fingerprint density at radius 3 is 2.56 bits per heavy atom. The van der Waals surface area contributed by atoms with Gasteiger partial charge in [-0.15, -0.1) is 0 Å². The molecule has 0 bridgehead atoms. The Balaban J connectivity index is 1.23. The van der Waals surface area contributed by atoms with E-state index in [-0.39, 0.29) is 24.6 Å². The molecule has 3 aromatic carbocycles. The quantitative estimate of drug-likeness (QED) is 0.492. The maximum atomic E-state index is 12.9. The van der Waals surface area contributed by atoms with Gasteiger partial charge >= 0.3 is 6.09 Å². The maximum absolute atomic E-state index is 12.9. The lowest BCUT2D eigenvalue weighted by Gasteiger charge is -2.29. The van der Waals surface area contributed by atoms with E-state index >= 15 is 0 Å². The highest BCUT2D eigenvalue weighted by molar-refractivity contribution is 6.06. The van der Waals surface area contributed by atoms with E-state index in [1.807, 2.05) is 36.4 Å². The second-order valence-corrected chi connectivity index (χ2v) is 8.94. The largest absolute Gasteiger partial charge is 0.444 e. The van der Waals surface area contributed by atoms with Crippen LogP contribution in [0.1, 0.15) is 45.8 Å². The van der Waals surface area contributed by atoms with Crippen LogP contribution in [0.2, 0.25) is 0 Å². The highest BCUT2D eigenvalue weighted by atomic mass is 16.6. The molecule has 2 amide bonds. The van der Waals surface area contributed by atoms with Gasteiger partial charge in [0.2, 0.25) is 0 Å². The number of ether oxygens (including phenoxy) is 1. The fourth-order valence-electron chi connectivity index (χ4n) is 4.42. The number of nitrogens with one attached hydrogen (secondary N) is 1. The molecule has 5 rings (SSSR count). The van der Waals surface area contributed by atoms with Crippen LogP contribution in [0.4, 0.5) is 21.9 Å². The first-order valence-corrected chi connectivity index (χ1v) is 11.6. The van der Waals surface area contributed by atoms with Gasteiger partial charge in [0.05, 0.1) is 17.1 Å².